The predicted octanol–water partition coefficient (Wildman–Crippen LogP) is 1.84. The fraction of sp³-hybridized carbons (Fsp3) is 0.333. The number of benzene rings is 1. The monoisotopic (exact) mass is 195 g/mol. The minimum Gasteiger partial charge on any atom is -0.502 e. The maximum absolute atomic E-state index is 10.5. The van der Waals surface area contributed by atoms with Crippen molar-refractivity contribution in [2.24, 2.45) is 0 Å². The van der Waals surface area contributed by atoms with Crippen LogP contribution in [0.4, 0.5) is 5.69 Å². The van der Waals surface area contributed by atoms with E-state index in [0.29, 0.717) is 5.75 Å². The Kier molecular flexibility index (Phi) is 1.99. The molecule has 0 atom stereocenters. The molecule has 0 bridgehead atoms. The summed E-state index contributed by atoms with van der Waals surface area (Å²) in [6, 6.07) is 4.05. The summed E-state index contributed by atoms with van der Waals surface area (Å²) >= 11 is 0. The standard InChI is InChI=1S/C9H9NO4/c11-9-4-3-7(14-6-1-2-6)5-8(9)10(12)13/h3-6,11H,1-2H2. The SMILES string of the molecule is O=[N+]([O-])c1cc(OC2CC2)ccc1O. The molecule has 2 rings (SSSR count). The largest absolute Gasteiger partial charge is 0.502 e. The van der Waals surface area contributed by atoms with E-state index < -0.39 is 4.92 Å². The first-order chi connectivity index (χ1) is 6.66. The Labute approximate surface area is 80.1 Å². The Bertz CT molecular complexity index is 373. The quantitative estimate of drug-likeness (QED) is 0.590. The highest BCUT2D eigenvalue weighted by atomic mass is 16.6. The van der Waals surface area contributed by atoms with Gasteiger partial charge in [-0.3, -0.25) is 10.1 Å². The molecule has 1 aliphatic carbocycles. The van der Waals surface area contributed by atoms with E-state index in [4.69, 9.17) is 9.84 Å². The average molecular weight is 195 g/mol. The molecule has 0 saturated heterocycles. The summed E-state index contributed by atoms with van der Waals surface area (Å²) in [5, 5.41) is 19.6. The van der Waals surface area contributed by atoms with Crippen molar-refractivity contribution in [3.63, 3.8) is 0 Å². The minimum atomic E-state index is -0.630. The van der Waals surface area contributed by atoms with Crippen LogP contribution in [-0.2, 0) is 0 Å². The van der Waals surface area contributed by atoms with Crippen molar-refractivity contribution in [2.45, 2.75) is 18.9 Å². The molecule has 0 aromatic heterocycles. The van der Waals surface area contributed by atoms with Crippen molar-refractivity contribution >= 4 is 5.69 Å². The van der Waals surface area contributed by atoms with Gasteiger partial charge in [0.15, 0.2) is 5.75 Å². The van der Waals surface area contributed by atoms with Gasteiger partial charge in [-0.15, -0.1) is 0 Å². The van der Waals surface area contributed by atoms with Gasteiger partial charge in [-0.2, -0.15) is 0 Å². The Morgan fingerprint density at radius 2 is 2.21 bits per heavy atom. The molecule has 0 amide bonds. The lowest BCUT2D eigenvalue weighted by Crippen LogP contribution is -1.96. The van der Waals surface area contributed by atoms with Crippen LogP contribution in [0.5, 0.6) is 11.5 Å². The first-order valence-electron chi connectivity index (χ1n) is 4.31. The van der Waals surface area contributed by atoms with Gasteiger partial charge in [-0.1, -0.05) is 0 Å². The zero-order chi connectivity index (χ0) is 10.1. The molecule has 0 spiro atoms. The molecule has 14 heavy (non-hydrogen) atoms. The first-order valence-corrected chi connectivity index (χ1v) is 4.31. The third kappa shape index (κ3) is 1.76. The average Bonchev–Trinajstić information content (AvgIpc) is 2.92. The van der Waals surface area contributed by atoms with E-state index in [1.165, 1.54) is 18.2 Å². The highest BCUT2D eigenvalue weighted by Gasteiger charge is 2.24. The Balaban J connectivity index is 2.24. The normalized spacial score (nSPS) is 15.1. The zero-order valence-corrected chi connectivity index (χ0v) is 7.34. The maximum atomic E-state index is 10.5. The van der Waals surface area contributed by atoms with E-state index >= 15 is 0 Å². The predicted molar refractivity (Wildman–Crippen MR) is 48.4 cm³/mol. The van der Waals surface area contributed by atoms with Gasteiger partial charge in [0.05, 0.1) is 17.1 Å². The molecule has 1 aromatic rings. The van der Waals surface area contributed by atoms with Gasteiger partial charge in [-0.25, -0.2) is 0 Å². The molecule has 5 heteroatoms. The Morgan fingerprint density at radius 3 is 2.79 bits per heavy atom. The van der Waals surface area contributed by atoms with E-state index in [9.17, 15) is 10.1 Å². The number of phenolic OH excluding ortho intramolecular Hbond substituents is 1. The number of nitrogens with zero attached hydrogens (tertiary/aromatic N) is 1. The summed E-state index contributed by atoms with van der Waals surface area (Å²) in [5.41, 5.74) is -0.317. The maximum Gasteiger partial charge on any atom is 0.314 e. The van der Waals surface area contributed by atoms with Gasteiger partial charge < -0.3 is 9.84 Å². The van der Waals surface area contributed by atoms with Crippen molar-refractivity contribution in [3.05, 3.63) is 28.3 Å². The number of aromatic hydroxyl groups is 1. The van der Waals surface area contributed by atoms with Gasteiger partial charge in [0, 0.05) is 0 Å². The fourth-order valence-electron chi connectivity index (χ4n) is 1.10. The number of ether oxygens (including phenoxy) is 1. The van der Waals surface area contributed by atoms with Crippen molar-refractivity contribution in [3.8, 4) is 11.5 Å². The number of nitro benzene ring substituents is 1. The molecule has 74 valence electrons. The third-order valence-corrected chi connectivity index (χ3v) is 1.97. The van der Waals surface area contributed by atoms with Gasteiger partial charge in [0.2, 0.25) is 0 Å². The van der Waals surface area contributed by atoms with E-state index in [1.807, 2.05) is 0 Å². The summed E-state index contributed by atoms with van der Waals surface area (Å²) in [6.07, 6.45) is 2.18. The van der Waals surface area contributed by atoms with Crippen LogP contribution in [0.15, 0.2) is 18.2 Å². The van der Waals surface area contributed by atoms with Crippen LogP contribution in [0, 0.1) is 10.1 Å². The lowest BCUT2D eigenvalue weighted by Gasteiger charge is -2.03. The lowest BCUT2D eigenvalue weighted by molar-refractivity contribution is -0.385. The number of nitro groups is 1. The second-order valence-electron chi connectivity index (χ2n) is 3.22. The van der Waals surface area contributed by atoms with E-state index in [0.717, 1.165) is 12.8 Å². The highest BCUT2D eigenvalue weighted by Crippen LogP contribution is 2.33. The van der Waals surface area contributed by atoms with Crippen LogP contribution in [0.25, 0.3) is 0 Å². The zero-order valence-electron chi connectivity index (χ0n) is 7.34. The van der Waals surface area contributed by atoms with Gasteiger partial charge >= 0.3 is 5.69 Å². The van der Waals surface area contributed by atoms with E-state index in [-0.39, 0.29) is 17.5 Å². The van der Waals surface area contributed by atoms with E-state index in [1.54, 1.807) is 0 Å². The summed E-state index contributed by atoms with van der Waals surface area (Å²) in [7, 11) is 0. The molecule has 1 aromatic carbocycles. The molecule has 1 fully saturated rings. The molecule has 5 nitrogen and oxygen atoms in total. The molecule has 0 unspecified atom stereocenters. The van der Waals surface area contributed by atoms with Crippen LogP contribution >= 0.6 is 0 Å². The van der Waals surface area contributed by atoms with Crippen molar-refractivity contribution in [1.29, 1.82) is 0 Å². The number of phenols is 1. The first kappa shape index (κ1) is 8.80. The minimum absolute atomic E-state index is 0.194. The van der Waals surface area contributed by atoms with Crippen LogP contribution < -0.4 is 4.74 Å². The fourth-order valence-corrected chi connectivity index (χ4v) is 1.10. The van der Waals surface area contributed by atoms with Crippen molar-refractivity contribution in [2.75, 3.05) is 0 Å². The smallest absolute Gasteiger partial charge is 0.314 e. The Morgan fingerprint density at radius 1 is 1.50 bits per heavy atom. The van der Waals surface area contributed by atoms with Crippen LogP contribution in [0.1, 0.15) is 12.8 Å². The molecule has 1 N–H and O–H groups in total. The van der Waals surface area contributed by atoms with E-state index in [2.05, 4.69) is 0 Å². The third-order valence-electron chi connectivity index (χ3n) is 1.97. The second-order valence-corrected chi connectivity index (χ2v) is 3.22. The molecule has 0 heterocycles. The topological polar surface area (TPSA) is 72.6 Å². The summed E-state index contributed by atoms with van der Waals surface area (Å²) < 4.78 is 5.36. The highest BCUT2D eigenvalue weighted by molar-refractivity contribution is 5.49. The summed E-state index contributed by atoms with van der Waals surface area (Å²) in [5.74, 6) is 0.107. The molecule has 1 aliphatic rings. The van der Waals surface area contributed by atoms with Crippen LogP contribution in [-0.4, -0.2) is 16.1 Å². The van der Waals surface area contributed by atoms with Crippen LogP contribution in [0.2, 0.25) is 0 Å². The van der Waals surface area contributed by atoms with Gasteiger partial charge in [-0.05, 0) is 25.0 Å². The second kappa shape index (κ2) is 3.17. The van der Waals surface area contributed by atoms with Crippen molar-refractivity contribution in [1.82, 2.24) is 0 Å². The van der Waals surface area contributed by atoms with Gasteiger partial charge in [0.25, 0.3) is 0 Å². The summed E-state index contributed by atoms with van der Waals surface area (Å²) in [4.78, 5) is 9.84. The lowest BCUT2D eigenvalue weighted by atomic mass is 10.3. The molecular formula is C9H9NO4. The Hall–Kier alpha value is -1.78. The molecular weight excluding hydrogens is 186 g/mol. The number of rotatable bonds is 3. The molecule has 0 radical (unpaired) electrons. The van der Waals surface area contributed by atoms with Crippen LogP contribution in [0.3, 0.4) is 0 Å². The number of hydrogen-bond acceptors (Lipinski definition) is 4. The summed E-state index contributed by atoms with van der Waals surface area (Å²) in [6.45, 7) is 0. The van der Waals surface area contributed by atoms with Gasteiger partial charge in [0.1, 0.15) is 5.75 Å². The molecule has 0 aliphatic heterocycles. The molecule has 1 saturated carbocycles. The van der Waals surface area contributed by atoms with Crippen molar-refractivity contribution < 1.29 is 14.8 Å². The number of hydrogen-bond donors (Lipinski definition) is 1.